The molecule has 2 heteroatoms. The molecule has 54 heavy (non-hydrogen) atoms. The molecule has 0 fully saturated rings. The van der Waals surface area contributed by atoms with Crippen LogP contribution in [0, 0.1) is 0 Å². The Morgan fingerprint density at radius 2 is 0.778 bits per heavy atom. The molecule has 0 aliphatic carbocycles. The first-order chi connectivity index (χ1) is 26.8. The second-order valence-corrected chi connectivity index (χ2v) is 13.7. The lowest BCUT2D eigenvalue weighted by Crippen LogP contribution is -2.12. The van der Waals surface area contributed by atoms with Crippen LogP contribution in [0.25, 0.3) is 77.2 Å². The Morgan fingerprint density at radius 3 is 1.57 bits per heavy atom. The van der Waals surface area contributed by atoms with Crippen molar-refractivity contribution in [1.82, 2.24) is 0 Å². The van der Waals surface area contributed by atoms with Gasteiger partial charge in [-0.2, -0.15) is 0 Å². The fourth-order valence-corrected chi connectivity index (χ4v) is 7.93. The number of rotatable bonds is 7. The molecule has 0 saturated carbocycles. The standard InChI is InChI=1S/C52H35NO/c1-2-15-36(16-3-1)37-31-33-39(34-32-37)44-22-6-9-27-48(44)53(50-29-14-26-47-46-24-8-11-30-51(46)54-52(47)50)49-28-10-7-23-45(49)41-20-12-19-40(35-41)43-25-13-18-38-17-4-5-21-42(38)43/h1-35H. The molecule has 9 aromatic carbocycles. The molecule has 0 amide bonds. The Labute approximate surface area is 314 Å². The number of para-hydroxylation sites is 4. The number of fused-ring (bicyclic) bond motifs is 4. The molecule has 10 aromatic rings. The lowest BCUT2D eigenvalue weighted by molar-refractivity contribution is 0.669. The van der Waals surface area contributed by atoms with Crippen LogP contribution < -0.4 is 4.90 Å². The second-order valence-electron chi connectivity index (χ2n) is 13.7. The van der Waals surface area contributed by atoms with Crippen molar-refractivity contribution in [2.24, 2.45) is 0 Å². The Balaban J connectivity index is 1.19. The van der Waals surface area contributed by atoms with Crippen LogP contribution in [0.4, 0.5) is 17.1 Å². The highest BCUT2D eigenvalue weighted by molar-refractivity contribution is 6.11. The lowest BCUT2D eigenvalue weighted by Gasteiger charge is -2.30. The third kappa shape index (κ3) is 5.53. The number of furan rings is 1. The van der Waals surface area contributed by atoms with Gasteiger partial charge in [-0.15, -0.1) is 0 Å². The zero-order chi connectivity index (χ0) is 35.8. The van der Waals surface area contributed by atoms with E-state index in [4.69, 9.17) is 4.42 Å². The van der Waals surface area contributed by atoms with Crippen LogP contribution in [0.1, 0.15) is 0 Å². The van der Waals surface area contributed by atoms with Crippen molar-refractivity contribution in [3.8, 4) is 44.5 Å². The summed E-state index contributed by atoms with van der Waals surface area (Å²) in [5.41, 5.74) is 14.2. The molecule has 2 nitrogen and oxygen atoms in total. The maximum atomic E-state index is 6.74. The number of anilines is 3. The number of hydrogen-bond acceptors (Lipinski definition) is 2. The fourth-order valence-electron chi connectivity index (χ4n) is 7.93. The minimum atomic E-state index is 0.854. The summed E-state index contributed by atoms with van der Waals surface area (Å²) in [5.74, 6) is 0. The molecular formula is C52H35NO. The van der Waals surface area contributed by atoms with Gasteiger partial charge < -0.3 is 9.32 Å². The highest BCUT2D eigenvalue weighted by atomic mass is 16.3. The molecule has 0 atom stereocenters. The van der Waals surface area contributed by atoms with E-state index in [-0.39, 0.29) is 0 Å². The van der Waals surface area contributed by atoms with Gasteiger partial charge >= 0.3 is 0 Å². The normalized spacial score (nSPS) is 11.3. The van der Waals surface area contributed by atoms with Crippen molar-refractivity contribution in [2.75, 3.05) is 4.90 Å². The van der Waals surface area contributed by atoms with Gasteiger partial charge in [0, 0.05) is 21.9 Å². The molecule has 0 aliphatic rings. The van der Waals surface area contributed by atoms with E-state index < -0.39 is 0 Å². The third-order valence-corrected chi connectivity index (χ3v) is 10.5. The molecule has 0 unspecified atom stereocenters. The van der Waals surface area contributed by atoms with E-state index in [9.17, 15) is 0 Å². The smallest absolute Gasteiger partial charge is 0.159 e. The van der Waals surface area contributed by atoms with E-state index in [1.807, 2.05) is 6.07 Å². The Hall–Kier alpha value is -7.16. The van der Waals surface area contributed by atoms with Gasteiger partial charge in [0.2, 0.25) is 0 Å². The summed E-state index contributed by atoms with van der Waals surface area (Å²) in [6, 6.07) is 75.8. The lowest BCUT2D eigenvalue weighted by atomic mass is 9.94. The van der Waals surface area contributed by atoms with Gasteiger partial charge in [0.15, 0.2) is 5.58 Å². The zero-order valence-corrected chi connectivity index (χ0v) is 29.6. The van der Waals surface area contributed by atoms with Crippen molar-refractivity contribution in [3.63, 3.8) is 0 Å². The average molecular weight is 690 g/mol. The first-order valence-corrected chi connectivity index (χ1v) is 18.4. The summed E-state index contributed by atoms with van der Waals surface area (Å²) in [6.07, 6.45) is 0. The van der Waals surface area contributed by atoms with Gasteiger partial charge in [-0.25, -0.2) is 0 Å². The van der Waals surface area contributed by atoms with Gasteiger partial charge in [0.25, 0.3) is 0 Å². The zero-order valence-electron chi connectivity index (χ0n) is 29.6. The molecule has 1 heterocycles. The van der Waals surface area contributed by atoms with Crippen molar-refractivity contribution in [2.45, 2.75) is 0 Å². The van der Waals surface area contributed by atoms with E-state index >= 15 is 0 Å². The van der Waals surface area contributed by atoms with Crippen LogP contribution >= 0.6 is 0 Å². The number of benzene rings is 9. The highest BCUT2D eigenvalue weighted by Gasteiger charge is 2.24. The molecule has 0 spiro atoms. The Morgan fingerprint density at radius 1 is 0.296 bits per heavy atom. The molecule has 10 rings (SSSR count). The van der Waals surface area contributed by atoms with Crippen LogP contribution in [0.5, 0.6) is 0 Å². The minimum absolute atomic E-state index is 0.854. The first kappa shape index (κ1) is 31.6. The van der Waals surface area contributed by atoms with E-state index in [2.05, 4.69) is 211 Å². The summed E-state index contributed by atoms with van der Waals surface area (Å²) in [7, 11) is 0. The maximum absolute atomic E-state index is 6.74. The maximum Gasteiger partial charge on any atom is 0.159 e. The highest BCUT2D eigenvalue weighted by Crippen LogP contribution is 2.48. The SMILES string of the molecule is c1ccc(-c2ccc(-c3ccccc3N(c3ccccc3-c3cccc(-c4cccc5ccccc45)c3)c3cccc4c3oc3ccccc34)cc2)cc1. The van der Waals surface area contributed by atoms with Crippen LogP contribution in [-0.2, 0) is 0 Å². The molecule has 0 bridgehead atoms. The van der Waals surface area contributed by atoms with E-state index in [1.165, 1.54) is 33.0 Å². The van der Waals surface area contributed by atoms with Crippen LogP contribution in [0.3, 0.4) is 0 Å². The van der Waals surface area contributed by atoms with Crippen LogP contribution in [-0.4, -0.2) is 0 Å². The quantitative estimate of drug-likeness (QED) is 0.166. The predicted molar refractivity (Wildman–Crippen MR) is 228 cm³/mol. The molecule has 0 saturated heterocycles. The molecule has 0 aliphatic heterocycles. The largest absolute Gasteiger partial charge is 0.454 e. The van der Waals surface area contributed by atoms with Crippen molar-refractivity contribution in [1.29, 1.82) is 0 Å². The summed E-state index contributed by atoms with van der Waals surface area (Å²) >= 11 is 0. The molecule has 0 radical (unpaired) electrons. The Bertz CT molecular complexity index is 2930. The summed E-state index contributed by atoms with van der Waals surface area (Å²) in [4.78, 5) is 2.39. The van der Waals surface area contributed by atoms with Crippen molar-refractivity contribution < 1.29 is 4.42 Å². The predicted octanol–water partition coefficient (Wildman–Crippen LogP) is 14.9. The van der Waals surface area contributed by atoms with Crippen LogP contribution in [0.2, 0.25) is 0 Å². The van der Waals surface area contributed by atoms with E-state index in [0.717, 1.165) is 61.3 Å². The van der Waals surface area contributed by atoms with Gasteiger partial charge in [-0.1, -0.05) is 182 Å². The summed E-state index contributed by atoms with van der Waals surface area (Å²) < 4.78 is 6.74. The van der Waals surface area contributed by atoms with Gasteiger partial charge in [0.05, 0.1) is 17.1 Å². The van der Waals surface area contributed by atoms with E-state index in [1.54, 1.807) is 0 Å². The Kier molecular flexibility index (Phi) is 7.85. The molecule has 1 aromatic heterocycles. The third-order valence-electron chi connectivity index (χ3n) is 10.5. The summed E-state index contributed by atoms with van der Waals surface area (Å²) in [6.45, 7) is 0. The first-order valence-electron chi connectivity index (χ1n) is 18.4. The van der Waals surface area contributed by atoms with Gasteiger partial charge in [-0.3, -0.25) is 0 Å². The van der Waals surface area contributed by atoms with Gasteiger partial charge in [-0.05, 0) is 74.5 Å². The molecule has 0 N–H and O–H groups in total. The van der Waals surface area contributed by atoms with Crippen molar-refractivity contribution >= 4 is 49.8 Å². The monoisotopic (exact) mass is 689 g/mol. The number of nitrogens with zero attached hydrogens (tertiary/aromatic N) is 1. The minimum Gasteiger partial charge on any atom is -0.454 e. The average Bonchev–Trinajstić information content (AvgIpc) is 3.64. The van der Waals surface area contributed by atoms with Gasteiger partial charge in [0.1, 0.15) is 5.58 Å². The fraction of sp³-hybridized carbons (Fsp3) is 0. The topological polar surface area (TPSA) is 16.4 Å². The molecule has 254 valence electrons. The number of hydrogen-bond donors (Lipinski definition) is 0. The van der Waals surface area contributed by atoms with Crippen molar-refractivity contribution in [3.05, 3.63) is 212 Å². The summed E-state index contributed by atoms with van der Waals surface area (Å²) in [5, 5.41) is 4.68. The second kappa shape index (κ2) is 13.4. The van der Waals surface area contributed by atoms with E-state index in [0.29, 0.717) is 0 Å². The van der Waals surface area contributed by atoms with Crippen LogP contribution in [0.15, 0.2) is 217 Å². The molecular weight excluding hydrogens is 655 g/mol.